The number of nitrogens with zero attached hydrogens (tertiary/aromatic N) is 2. The van der Waals surface area contributed by atoms with Crippen molar-refractivity contribution in [2.45, 2.75) is 25.4 Å². The summed E-state index contributed by atoms with van der Waals surface area (Å²) in [5, 5.41) is 10.1. The van der Waals surface area contributed by atoms with Crippen LogP contribution < -0.4 is 0 Å². The number of likely N-dealkylation sites (tertiary alicyclic amines) is 1. The van der Waals surface area contributed by atoms with Crippen molar-refractivity contribution in [2.75, 3.05) is 6.54 Å². The van der Waals surface area contributed by atoms with Crippen molar-refractivity contribution in [2.24, 2.45) is 0 Å². The van der Waals surface area contributed by atoms with Gasteiger partial charge in [-0.1, -0.05) is 29.3 Å². The first-order chi connectivity index (χ1) is 7.70. The minimum Gasteiger partial charge on any atom is -0.284 e. The Hall–Kier alpha value is -0.750. The molecule has 16 heavy (non-hydrogen) atoms. The molecule has 1 heterocycles. The van der Waals surface area contributed by atoms with Gasteiger partial charge in [0, 0.05) is 6.54 Å². The molecule has 2 nitrogen and oxygen atoms in total. The van der Waals surface area contributed by atoms with Crippen molar-refractivity contribution >= 4 is 23.2 Å². The number of hydrogen-bond donors (Lipinski definition) is 0. The first-order valence-electron chi connectivity index (χ1n) is 5.28. The Bertz CT molecular complexity index is 426. The molecule has 0 spiro atoms. The zero-order valence-electron chi connectivity index (χ0n) is 8.79. The number of halogens is 2. The van der Waals surface area contributed by atoms with Crippen molar-refractivity contribution in [3.63, 3.8) is 0 Å². The first kappa shape index (κ1) is 11.7. The lowest BCUT2D eigenvalue weighted by Gasteiger charge is -2.19. The number of benzene rings is 1. The highest BCUT2D eigenvalue weighted by atomic mass is 35.5. The van der Waals surface area contributed by atoms with Gasteiger partial charge in [-0.25, -0.2) is 0 Å². The van der Waals surface area contributed by atoms with Gasteiger partial charge in [0.1, 0.15) is 0 Å². The summed E-state index contributed by atoms with van der Waals surface area (Å²) in [4.78, 5) is 2.18. The van der Waals surface area contributed by atoms with E-state index in [4.69, 9.17) is 28.5 Å². The second kappa shape index (κ2) is 5.05. The van der Waals surface area contributed by atoms with Crippen molar-refractivity contribution in [1.82, 2.24) is 4.90 Å². The largest absolute Gasteiger partial charge is 0.284 e. The first-order valence-corrected chi connectivity index (χ1v) is 6.04. The van der Waals surface area contributed by atoms with Gasteiger partial charge in [-0.2, -0.15) is 5.26 Å². The van der Waals surface area contributed by atoms with Crippen LogP contribution in [0.25, 0.3) is 0 Å². The van der Waals surface area contributed by atoms with E-state index in [9.17, 15) is 0 Å². The molecule has 0 amide bonds. The maximum Gasteiger partial charge on any atom is 0.0981 e. The summed E-state index contributed by atoms with van der Waals surface area (Å²) in [5.41, 5.74) is 1.11. The van der Waals surface area contributed by atoms with Crippen LogP contribution in [0.15, 0.2) is 18.2 Å². The number of nitriles is 1. The van der Waals surface area contributed by atoms with Gasteiger partial charge >= 0.3 is 0 Å². The van der Waals surface area contributed by atoms with Crippen molar-refractivity contribution in [3.8, 4) is 6.07 Å². The van der Waals surface area contributed by atoms with Crippen LogP contribution in [-0.2, 0) is 6.54 Å². The zero-order valence-corrected chi connectivity index (χ0v) is 10.3. The maximum absolute atomic E-state index is 8.97. The van der Waals surface area contributed by atoms with E-state index >= 15 is 0 Å². The highest BCUT2D eigenvalue weighted by molar-refractivity contribution is 6.42. The lowest BCUT2D eigenvalue weighted by atomic mass is 10.2. The molecule has 0 N–H and O–H groups in total. The number of hydrogen-bond acceptors (Lipinski definition) is 2. The molecule has 1 fully saturated rings. The standard InChI is InChI=1S/C12H12Cl2N2/c13-11-4-3-9(6-12(11)14)8-16-5-1-2-10(16)7-15/h3-4,6,10H,1-2,5,8H2. The summed E-state index contributed by atoms with van der Waals surface area (Å²) in [6.45, 7) is 1.76. The fraction of sp³-hybridized carbons (Fsp3) is 0.417. The van der Waals surface area contributed by atoms with Crippen LogP contribution in [0, 0.1) is 11.3 Å². The molecule has 0 saturated carbocycles. The predicted molar refractivity (Wildman–Crippen MR) is 65.5 cm³/mol. The molecule has 4 heteroatoms. The molecule has 0 aromatic heterocycles. The third-order valence-electron chi connectivity index (χ3n) is 2.88. The van der Waals surface area contributed by atoms with Gasteiger partial charge in [0.05, 0.1) is 22.2 Å². The Morgan fingerprint density at radius 1 is 1.38 bits per heavy atom. The lowest BCUT2D eigenvalue weighted by molar-refractivity contribution is 0.286. The predicted octanol–water partition coefficient (Wildman–Crippen LogP) is 3.48. The van der Waals surface area contributed by atoms with Crippen LogP contribution in [0.2, 0.25) is 10.0 Å². The molecule has 1 aromatic rings. The van der Waals surface area contributed by atoms with Gasteiger partial charge in [-0.15, -0.1) is 0 Å². The van der Waals surface area contributed by atoms with Crippen LogP contribution in [0.5, 0.6) is 0 Å². The van der Waals surface area contributed by atoms with Crippen LogP contribution in [0.1, 0.15) is 18.4 Å². The van der Waals surface area contributed by atoms with Crippen LogP contribution in [0.4, 0.5) is 0 Å². The molecule has 1 aromatic carbocycles. The Morgan fingerprint density at radius 3 is 2.88 bits per heavy atom. The van der Waals surface area contributed by atoms with E-state index in [1.165, 1.54) is 0 Å². The molecule has 1 aliphatic heterocycles. The quantitative estimate of drug-likeness (QED) is 0.808. The molecule has 0 aliphatic carbocycles. The third-order valence-corrected chi connectivity index (χ3v) is 3.62. The van der Waals surface area contributed by atoms with Crippen molar-refractivity contribution < 1.29 is 0 Å². The third kappa shape index (κ3) is 2.49. The van der Waals surface area contributed by atoms with Crippen molar-refractivity contribution in [1.29, 1.82) is 5.26 Å². The Balaban J connectivity index is 2.09. The van der Waals surface area contributed by atoms with E-state index in [0.717, 1.165) is 31.5 Å². The van der Waals surface area contributed by atoms with Gasteiger partial charge < -0.3 is 0 Å². The Morgan fingerprint density at radius 2 is 2.19 bits per heavy atom. The van der Waals surface area contributed by atoms with E-state index in [1.807, 2.05) is 12.1 Å². The van der Waals surface area contributed by atoms with Crippen LogP contribution >= 0.6 is 23.2 Å². The van der Waals surface area contributed by atoms with Gasteiger partial charge in [-0.05, 0) is 37.1 Å². The SMILES string of the molecule is N#CC1CCCN1Cc1ccc(Cl)c(Cl)c1. The molecule has 2 rings (SSSR count). The summed E-state index contributed by atoms with van der Waals surface area (Å²) in [6.07, 6.45) is 2.07. The summed E-state index contributed by atoms with van der Waals surface area (Å²) < 4.78 is 0. The fourth-order valence-corrected chi connectivity index (χ4v) is 2.35. The van der Waals surface area contributed by atoms with Gasteiger partial charge in [-0.3, -0.25) is 4.90 Å². The average molecular weight is 255 g/mol. The normalized spacial score (nSPS) is 20.9. The van der Waals surface area contributed by atoms with E-state index < -0.39 is 0 Å². The van der Waals surface area contributed by atoms with Gasteiger partial charge in [0.25, 0.3) is 0 Å². The maximum atomic E-state index is 8.97. The minimum atomic E-state index is 0.0504. The van der Waals surface area contributed by atoms with E-state index in [2.05, 4.69) is 11.0 Å². The molecule has 0 bridgehead atoms. The van der Waals surface area contributed by atoms with Crippen LogP contribution in [0.3, 0.4) is 0 Å². The summed E-state index contributed by atoms with van der Waals surface area (Å²) in [7, 11) is 0. The Kier molecular flexibility index (Phi) is 3.70. The van der Waals surface area contributed by atoms with E-state index in [-0.39, 0.29) is 6.04 Å². The van der Waals surface area contributed by atoms with Gasteiger partial charge in [0.2, 0.25) is 0 Å². The molecule has 0 radical (unpaired) electrons. The second-order valence-electron chi connectivity index (χ2n) is 4.01. The molecular weight excluding hydrogens is 243 g/mol. The highest BCUT2D eigenvalue weighted by Gasteiger charge is 2.23. The van der Waals surface area contributed by atoms with Crippen molar-refractivity contribution in [3.05, 3.63) is 33.8 Å². The number of rotatable bonds is 2. The molecule has 1 unspecified atom stereocenters. The summed E-state index contributed by atoms with van der Waals surface area (Å²) in [6, 6.07) is 8.01. The molecule has 84 valence electrons. The topological polar surface area (TPSA) is 27.0 Å². The lowest BCUT2D eigenvalue weighted by Crippen LogP contribution is -2.27. The average Bonchev–Trinajstić information content (AvgIpc) is 2.71. The Labute approximate surface area is 105 Å². The summed E-state index contributed by atoms with van der Waals surface area (Å²) in [5.74, 6) is 0. The van der Waals surface area contributed by atoms with Crippen LogP contribution in [-0.4, -0.2) is 17.5 Å². The van der Waals surface area contributed by atoms with E-state index in [0.29, 0.717) is 10.0 Å². The smallest absolute Gasteiger partial charge is 0.0981 e. The molecule has 1 saturated heterocycles. The minimum absolute atomic E-state index is 0.0504. The molecule has 1 aliphatic rings. The molecule has 1 atom stereocenters. The zero-order chi connectivity index (χ0) is 11.5. The monoisotopic (exact) mass is 254 g/mol. The van der Waals surface area contributed by atoms with E-state index in [1.54, 1.807) is 6.07 Å². The second-order valence-corrected chi connectivity index (χ2v) is 4.82. The fourth-order valence-electron chi connectivity index (χ4n) is 2.03. The molecular formula is C12H12Cl2N2. The van der Waals surface area contributed by atoms with Gasteiger partial charge in [0.15, 0.2) is 0 Å². The highest BCUT2D eigenvalue weighted by Crippen LogP contribution is 2.25. The summed E-state index contributed by atoms with van der Waals surface area (Å²) >= 11 is 11.8.